The number of rotatable bonds is 2. The van der Waals surface area contributed by atoms with Gasteiger partial charge in [0.1, 0.15) is 6.29 Å². The molecule has 0 atom stereocenters. The second-order valence-corrected chi connectivity index (χ2v) is 2.57. The SMILES string of the molecule is O=CCc1cccn2nccc12. The van der Waals surface area contributed by atoms with E-state index in [9.17, 15) is 4.79 Å². The molecule has 0 spiro atoms. The lowest BCUT2D eigenvalue weighted by molar-refractivity contribution is -0.107. The molecule has 0 saturated carbocycles. The molecule has 12 heavy (non-hydrogen) atoms. The Kier molecular flexibility index (Phi) is 1.63. The minimum absolute atomic E-state index is 0.454. The summed E-state index contributed by atoms with van der Waals surface area (Å²) in [5, 5.41) is 4.06. The highest BCUT2D eigenvalue weighted by molar-refractivity contribution is 5.64. The van der Waals surface area contributed by atoms with Crippen molar-refractivity contribution in [3.05, 3.63) is 36.2 Å². The van der Waals surface area contributed by atoms with Gasteiger partial charge in [-0.15, -0.1) is 0 Å². The largest absolute Gasteiger partial charge is 0.303 e. The molecule has 0 fully saturated rings. The maximum absolute atomic E-state index is 10.3. The predicted octanol–water partition coefficient (Wildman–Crippen LogP) is 1.08. The first-order valence-corrected chi connectivity index (χ1v) is 3.76. The second kappa shape index (κ2) is 2.77. The Hall–Kier alpha value is -1.64. The van der Waals surface area contributed by atoms with Gasteiger partial charge < -0.3 is 4.79 Å². The smallest absolute Gasteiger partial charge is 0.124 e. The van der Waals surface area contributed by atoms with Crippen molar-refractivity contribution in [3.8, 4) is 0 Å². The highest BCUT2D eigenvalue weighted by atomic mass is 16.1. The molecule has 2 rings (SSSR count). The van der Waals surface area contributed by atoms with Crippen LogP contribution in [-0.4, -0.2) is 15.9 Å². The zero-order valence-corrected chi connectivity index (χ0v) is 6.47. The average molecular weight is 160 g/mol. The van der Waals surface area contributed by atoms with Crippen molar-refractivity contribution in [2.75, 3.05) is 0 Å². The maximum atomic E-state index is 10.3. The standard InChI is InChI=1S/C9H8N2O/c12-7-4-8-2-1-6-11-9(8)3-5-10-11/h1-3,5-7H,4H2. The number of carbonyl (C=O) groups excluding carboxylic acids is 1. The summed E-state index contributed by atoms with van der Waals surface area (Å²) in [5.41, 5.74) is 2.02. The maximum Gasteiger partial charge on any atom is 0.124 e. The lowest BCUT2D eigenvalue weighted by Gasteiger charge is -1.97. The van der Waals surface area contributed by atoms with E-state index < -0.39 is 0 Å². The molecule has 3 heteroatoms. The van der Waals surface area contributed by atoms with Gasteiger partial charge in [0, 0.05) is 18.8 Å². The molecule has 0 amide bonds. The van der Waals surface area contributed by atoms with E-state index >= 15 is 0 Å². The van der Waals surface area contributed by atoms with Crippen LogP contribution in [0.25, 0.3) is 5.52 Å². The lowest BCUT2D eigenvalue weighted by atomic mass is 10.2. The number of fused-ring (bicyclic) bond motifs is 1. The van der Waals surface area contributed by atoms with Crippen molar-refractivity contribution in [2.24, 2.45) is 0 Å². The van der Waals surface area contributed by atoms with Gasteiger partial charge in [-0.1, -0.05) is 6.07 Å². The van der Waals surface area contributed by atoms with Crippen LogP contribution in [0.3, 0.4) is 0 Å². The van der Waals surface area contributed by atoms with Crippen LogP contribution in [0.15, 0.2) is 30.6 Å². The van der Waals surface area contributed by atoms with Crippen molar-refractivity contribution in [1.29, 1.82) is 0 Å². The van der Waals surface area contributed by atoms with Crippen LogP contribution in [0.5, 0.6) is 0 Å². The second-order valence-electron chi connectivity index (χ2n) is 2.57. The molecule has 0 N–H and O–H groups in total. The molecule has 0 unspecified atom stereocenters. The van der Waals surface area contributed by atoms with Crippen LogP contribution in [0, 0.1) is 0 Å². The van der Waals surface area contributed by atoms with E-state index in [4.69, 9.17) is 0 Å². The number of aromatic nitrogens is 2. The van der Waals surface area contributed by atoms with Crippen LogP contribution in [0.2, 0.25) is 0 Å². The monoisotopic (exact) mass is 160 g/mol. The van der Waals surface area contributed by atoms with Gasteiger partial charge in [-0.05, 0) is 17.7 Å². The van der Waals surface area contributed by atoms with E-state index in [1.54, 1.807) is 10.7 Å². The Morgan fingerprint density at radius 1 is 1.50 bits per heavy atom. The van der Waals surface area contributed by atoms with Crippen molar-refractivity contribution >= 4 is 11.8 Å². The minimum Gasteiger partial charge on any atom is -0.303 e. The van der Waals surface area contributed by atoms with Crippen LogP contribution < -0.4 is 0 Å². The number of hydrogen-bond donors (Lipinski definition) is 0. The summed E-state index contributed by atoms with van der Waals surface area (Å²) in [7, 11) is 0. The molecule has 3 nitrogen and oxygen atoms in total. The quantitative estimate of drug-likeness (QED) is 0.616. The Bertz CT molecular complexity index is 406. The van der Waals surface area contributed by atoms with Crippen LogP contribution in [0.1, 0.15) is 5.56 Å². The van der Waals surface area contributed by atoms with E-state index in [1.807, 2.05) is 24.4 Å². The van der Waals surface area contributed by atoms with Gasteiger partial charge in [0.25, 0.3) is 0 Å². The fourth-order valence-electron chi connectivity index (χ4n) is 1.28. The van der Waals surface area contributed by atoms with Gasteiger partial charge in [0.15, 0.2) is 0 Å². The van der Waals surface area contributed by atoms with E-state index in [1.165, 1.54) is 0 Å². The summed E-state index contributed by atoms with van der Waals surface area (Å²) in [6.45, 7) is 0. The predicted molar refractivity (Wildman–Crippen MR) is 45.0 cm³/mol. The van der Waals surface area contributed by atoms with Gasteiger partial charge in [0.2, 0.25) is 0 Å². The fourth-order valence-corrected chi connectivity index (χ4v) is 1.28. The number of pyridine rings is 1. The molecule has 0 aromatic carbocycles. The zero-order valence-electron chi connectivity index (χ0n) is 6.47. The molecular weight excluding hydrogens is 152 g/mol. The van der Waals surface area contributed by atoms with Crippen LogP contribution in [0.4, 0.5) is 0 Å². The molecule has 2 heterocycles. The molecule has 0 saturated heterocycles. The van der Waals surface area contributed by atoms with Crippen molar-refractivity contribution in [3.63, 3.8) is 0 Å². The highest BCUT2D eigenvalue weighted by Gasteiger charge is 1.98. The van der Waals surface area contributed by atoms with E-state index in [0.717, 1.165) is 17.4 Å². The molecule has 0 radical (unpaired) electrons. The summed E-state index contributed by atoms with van der Waals surface area (Å²) >= 11 is 0. The Morgan fingerprint density at radius 3 is 3.25 bits per heavy atom. The summed E-state index contributed by atoms with van der Waals surface area (Å²) in [6, 6.07) is 5.73. The summed E-state index contributed by atoms with van der Waals surface area (Å²) < 4.78 is 1.76. The third-order valence-electron chi connectivity index (χ3n) is 1.83. The Balaban J connectivity index is 2.65. The van der Waals surface area contributed by atoms with Gasteiger partial charge in [0.05, 0.1) is 5.52 Å². The average Bonchev–Trinajstić information content (AvgIpc) is 2.53. The van der Waals surface area contributed by atoms with E-state index in [2.05, 4.69) is 5.10 Å². The molecule has 0 aliphatic rings. The first-order valence-electron chi connectivity index (χ1n) is 3.76. The van der Waals surface area contributed by atoms with E-state index in [-0.39, 0.29) is 0 Å². The highest BCUT2D eigenvalue weighted by Crippen LogP contribution is 2.08. The van der Waals surface area contributed by atoms with Gasteiger partial charge in [-0.2, -0.15) is 5.10 Å². The van der Waals surface area contributed by atoms with Gasteiger partial charge in [-0.3, -0.25) is 0 Å². The molecule has 60 valence electrons. The van der Waals surface area contributed by atoms with Crippen LogP contribution in [-0.2, 0) is 11.2 Å². The molecule has 0 aliphatic heterocycles. The normalized spacial score (nSPS) is 10.3. The van der Waals surface area contributed by atoms with Crippen molar-refractivity contribution in [1.82, 2.24) is 9.61 Å². The number of nitrogens with zero attached hydrogens (tertiary/aromatic N) is 2. The fraction of sp³-hybridized carbons (Fsp3) is 0.111. The lowest BCUT2D eigenvalue weighted by Crippen LogP contribution is -1.92. The van der Waals surface area contributed by atoms with Crippen LogP contribution >= 0.6 is 0 Å². The number of hydrogen-bond acceptors (Lipinski definition) is 2. The molecule has 2 aromatic heterocycles. The van der Waals surface area contributed by atoms with Crippen molar-refractivity contribution < 1.29 is 4.79 Å². The zero-order chi connectivity index (χ0) is 8.39. The number of carbonyl (C=O) groups is 1. The summed E-state index contributed by atoms with van der Waals surface area (Å²) in [4.78, 5) is 10.3. The first kappa shape index (κ1) is 7.03. The molecule has 2 aromatic rings. The third-order valence-corrected chi connectivity index (χ3v) is 1.83. The number of aldehydes is 1. The Morgan fingerprint density at radius 2 is 2.42 bits per heavy atom. The van der Waals surface area contributed by atoms with Crippen molar-refractivity contribution in [2.45, 2.75) is 6.42 Å². The Labute approximate surface area is 69.6 Å². The minimum atomic E-state index is 0.454. The van der Waals surface area contributed by atoms with Gasteiger partial charge >= 0.3 is 0 Å². The van der Waals surface area contributed by atoms with Gasteiger partial charge in [-0.25, -0.2) is 4.52 Å². The summed E-state index contributed by atoms with van der Waals surface area (Å²) in [5.74, 6) is 0. The first-order chi connectivity index (χ1) is 5.92. The molecule has 0 bridgehead atoms. The van der Waals surface area contributed by atoms with E-state index in [0.29, 0.717) is 6.42 Å². The molecular formula is C9H8N2O. The topological polar surface area (TPSA) is 34.4 Å². The molecule has 0 aliphatic carbocycles. The third kappa shape index (κ3) is 0.993. The summed E-state index contributed by atoms with van der Waals surface area (Å²) in [6.07, 6.45) is 4.95.